The zero-order valence-corrected chi connectivity index (χ0v) is 7.69. The van der Waals surface area contributed by atoms with E-state index in [1.807, 2.05) is 0 Å². The SMILES string of the molecule is [2H]N1C(=O)CC[C@H]1C(=O)N[C@@H](C)C(=O)O. The zero-order chi connectivity index (χ0) is 11.6. The molecule has 6 heteroatoms. The minimum Gasteiger partial charge on any atom is -0.480 e. The predicted octanol–water partition coefficient (Wildman–Crippen LogP) is -1.15. The summed E-state index contributed by atoms with van der Waals surface area (Å²) in [5.41, 5.74) is 0. The zero-order valence-electron chi connectivity index (χ0n) is 8.69. The maximum atomic E-state index is 11.4. The quantitative estimate of drug-likeness (QED) is 0.537. The molecule has 2 amide bonds. The van der Waals surface area contributed by atoms with Crippen LogP contribution in [0.2, 0.25) is 1.41 Å². The molecule has 1 heterocycles. The minimum absolute atomic E-state index is 0.156. The van der Waals surface area contributed by atoms with Crippen molar-refractivity contribution in [2.24, 2.45) is 0 Å². The average molecular weight is 201 g/mol. The maximum absolute atomic E-state index is 11.4. The lowest BCUT2D eigenvalue weighted by atomic mass is 10.2. The molecular weight excluding hydrogens is 188 g/mol. The smallest absolute Gasteiger partial charge is 0.325 e. The van der Waals surface area contributed by atoms with Gasteiger partial charge in [-0.3, -0.25) is 14.4 Å². The van der Waals surface area contributed by atoms with Crippen LogP contribution in [0.15, 0.2) is 0 Å². The number of carbonyl (C=O) groups excluding carboxylic acids is 2. The first-order valence-electron chi connectivity index (χ1n) is 4.72. The molecular formula is C8H12N2O4. The Hall–Kier alpha value is -1.59. The second kappa shape index (κ2) is 4.08. The molecule has 1 aliphatic rings. The summed E-state index contributed by atoms with van der Waals surface area (Å²) in [5, 5.41) is 11.4. The first-order chi connectivity index (χ1) is 6.93. The molecule has 3 N–H and O–H groups in total. The molecule has 1 aliphatic heterocycles. The van der Waals surface area contributed by atoms with Crippen molar-refractivity contribution < 1.29 is 20.9 Å². The Labute approximate surface area is 82.1 Å². The first-order valence-corrected chi connectivity index (χ1v) is 4.27. The lowest BCUT2D eigenvalue weighted by molar-refractivity contribution is -0.141. The summed E-state index contributed by atoms with van der Waals surface area (Å²) in [7, 11) is 0. The predicted molar refractivity (Wildman–Crippen MR) is 46.4 cm³/mol. The van der Waals surface area contributed by atoms with E-state index in [9.17, 15) is 14.4 Å². The van der Waals surface area contributed by atoms with E-state index in [1.165, 1.54) is 6.92 Å². The van der Waals surface area contributed by atoms with Crippen LogP contribution in [-0.2, 0) is 14.4 Å². The van der Waals surface area contributed by atoms with Crippen molar-refractivity contribution in [3.63, 3.8) is 0 Å². The van der Waals surface area contributed by atoms with Crippen molar-refractivity contribution in [1.29, 1.82) is 0 Å². The lowest BCUT2D eigenvalue weighted by Crippen LogP contribution is -2.47. The monoisotopic (exact) mass is 201 g/mol. The van der Waals surface area contributed by atoms with Crippen LogP contribution in [0.25, 0.3) is 0 Å². The molecule has 0 aromatic heterocycles. The van der Waals surface area contributed by atoms with Gasteiger partial charge >= 0.3 is 5.97 Å². The molecule has 0 aromatic rings. The number of amides is 2. The fourth-order valence-corrected chi connectivity index (χ4v) is 1.12. The average Bonchev–Trinajstić information content (AvgIpc) is 2.47. The highest BCUT2D eigenvalue weighted by Gasteiger charge is 2.28. The summed E-state index contributed by atoms with van der Waals surface area (Å²) >= 11 is 0. The first kappa shape index (κ1) is 8.98. The summed E-state index contributed by atoms with van der Waals surface area (Å²) < 4.78 is 7.25. The van der Waals surface area contributed by atoms with Gasteiger partial charge in [0, 0.05) is 6.42 Å². The van der Waals surface area contributed by atoms with Gasteiger partial charge in [-0.1, -0.05) is 0 Å². The number of hydrogen-bond donors (Lipinski definition) is 3. The van der Waals surface area contributed by atoms with E-state index in [2.05, 4.69) is 5.32 Å². The normalized spacial score (nSPS) is 24.4. The second-order valence-corrected chi connectivity index (χ2v) is 3.15. The van der Waals surface area contributed by atoms with E-state index >= 15 is 0 Å². The molecule has 14 heavy (non-hydrogen) atoms. The molecule has 78 valence electrons. The van der Waals surface area contributed by atoms with Crippen molar-refractivity contribution in [3.8, 4) is 0 Å². The number of hydrogen-bond acceptors (Lipinski definition) is 3. The largest absolute Gasteiger partial charge is 0.480 e. The Morgan fingerprint density at radius 3 is 2.86 bits per heavy atom. The molecule has 0 saturated carbocycles. The van der Waals surface area contributed by atoms with Gasteiger partial charge in [0.15, 0.2) is 1.41 Å². The topological polar surface area (TPSA) is 95.5 Å². The van der Waals surface area contributed by atoms with Gasteiger partial charge in [0.1, 0.15) is 12.1 Å². The highest BCUT2D eigenvalue weighted by atomic mass is 16.4. The van der Waals surface area contributed by atoms with Crippen LogP contribution in [-0.4, -0.2) is 35.0 Å². The van der Waals surface area contributed by atoms with Crippen molar-refractivity contribution in [1.82, 2.24) is 10.6 Å². The Balaban J connectivity index is 2.55. The standard InChI is InChI=1S/C8H12N2O4/c1-4(8(13)14)9-7(12)5-2-3-6(11)10-5/h4-5H,2-3H2,1H3,(H,9,12)(H,10,11)(H,13,14)/t4-,5-/m0/s1/i/hD. The molecule has 0 unspecified atom stereocenters. The number of carbonyl (C=O) groups is 3. The highest BCUT2D eigenvalue weighted by molar-refractivity contribution is 5.92. The van der Waals surface area contributed by atoms with Crippen LogP contribution in [0.4, 0.5) is 0 Å². The van der Waals surface area contributed by atoms with Crippen LogP contribution < -0.4 is 10.6 Å². The van der Waals surface area contributed by atoms with Crippen molar-refractivity contribution in [3.05, 3.63) is 0 Å². The van der Waals surface area contributed by atoms with E-state index in [-0.39, 0.29) is 12.8 Å². The summed E-state index contributed by atoms with van der Waals surface area (Å²) in [6, 6.07) is -1.87. The third-order valence-corrected chi connectivity index (χ3v) is 1.96. The summed E-state index contributed by atoms with van der Waals surface area (Å²) in [6.45, 7) is 1.32. The van der Waals surface area contributed by atoms with Crippen molar-refractivity contribution in [2.75, 3.05) is 0 Å². The van der Waals surface area contributed by atoms with Gasteiger partial charge < -0.3 is 15.7 Å². The Morgan fingerprint density at radius 2 is 2.43 bits per heavy atom. The van der Waals surface area contributed by atoms with Gasteiger partial charge in [-0.05, 0) is 13.3 Å². The number of rotatable bonds is 3. The van der Waals surface area contributed by atoms with Gasteiger partial charge in [0.25, 0.3) is 0 Å². The van der Waals surface area contributed by atoms with Gasteiger partial charge in [-0.15, -0.1) is 0 Å². The Bertz CT molecular complexity index is 307. The number of aliphatic carboxylic acids is 1. The maximum Gasteiger partial charge on any atom is 0.325 e. The number of carboxylic acids is 1. The number of carboxylic acid groups (broad SMARTS) is 1. The van der Waals surface area contributed by atoms with Crippen molar-refractivity contribution >= 4 is 17.8 Å². The Kier molecular flexibility index (Phi) is 2.62. The van der Waals surface area contributed by atoms with E-state index in [0.29, 0.717) is 5.31 Å². The van der Waals surface area contributed by atoms with Crippen LogP contribution in [0.5, 0.6) is 0 Å². The van der Waals surface area contributed by atoms with Crippen LogP contribution in [0, 0.1) is 0 Å². The van der Waals surface area contributed by atoms with Crippen molar-refractivity contribution in [2.45, 2.75) is 31.8 Å². The van der Waals surface area contributed by atoms with Crippen LogP contribution in [0.1, 0.15) is 19.8 Å². The minimum atomic E-state index is -1.15. The van der Waals surface area contributed by atoms with Gasteiger partial charge in [-0.2, -0.15) is 0 Å². The molecule has 0 aliphatic carbocycles. The number of nitrogens with one attached hydrogen (secondary N) is 2. The van der Waals surface area contributed by atoms with Crippen LogP contribution in [0.3, 0.4) is 0 Å². The fraction of sp³-hybridized carbons (Fsp3) is 0.625. The lowest BCUT2D eigenvalue weighted by Gasteiger charge is -2.13. The molecule has 1 rings (SSSR count). The molecule has 2 atom stereocenters. The van der Waals surface area contributed by atoms with E-state index < -0.39 is 29.9 Å². The second-order valence-electron chi connectivity index (χ2n) is 3.15. The summed E-state index contributed by atoms with van der Waals surface area (Å²) in [4.78, 5) is 32.8. The molecule has 1 saturated heterocycles. The van der Waals surface area contributed by atoms with E-state index in [4.69, 9.17) is 6.52 Å². The summed E-state index contributed by atoms with van der Waals surface area (Å²) in [5.74, 6) is -2.16. The third kappa shape index (κ3) is 2.45. The fourth-order valence-electron chi connectivity index (χ4n) is 1.12. The van der Waals surface area contributed by atoms with Crippen LogP contribution >= 0.6 is 0 Å². The third-order valence-electron chi connectivity index (χ3n) is 1.96. The molecule has 0 spiro atoms. The molecule has 0 radical (unpaired) electrons. The summed E-state index contributed by atoms with van der Waals surface area (Å²) in [6.07, 6.45) is 0.420. The van der Waals surface area contributed by atoms with Gasteiger partial charge in [0.2, 0.25) is 11.8 Å². The van der Waals surface area contributed by atoms with E-state index in [0.717, 1.165) is 0 Å². The van der Waals surface area contributed by atoms with Gasteiger partial charge in [-0.25, -0.2) is 0 Å². The molecule has 0 bridgehead atoms. The molecule has 0 aromatic carbocycles. The Morgan fingerprint density at radius 1 is 1.79 bits per heavy atom. The van der Waals surface area contributed by atoms with Gasteiger partial charge in [0.05, 0.1) is 0 Å². The molecule has 6 nitrogen and oxygen atoms in total. The van der Waals surface area contributed by atoms with E-state index in [1.54, 1.807) is 0 Å². The molecule has 1 fully saturated rings. The highest BCUT2D eigenvalue weighted by Crippen LogP contribution is 2.06.